The number of amides is 1. The Kier molecular flexibility index (Phi) is 8.39. The van der Waals surface area contributed by atoms with Gasteiger partial charge in [0.2, 0.25) is 0 Å². The van der Waals surface area contributed by atoms with Gasteiger partial charge < -0.3 is 9.47 Å². The Labute approximate surface area is 187 Å². The summed E-state index contributed by atoms with van der Waals surface area (Å²) in [7, 11) is 0. The Bertz CT molecular complexity index is 1080. The second-order valence-corrected chi connectivity index (χ2v) is 6.59. The first-order valence-corrected chi connectivity index (χ1v) is 10.4. The van der Waals surface area contributed by atoms with E-state index in [1.165, 1.54) is 0 Å². The predicted octanol–water partition coefficient (Wildman–Crippen LogP) is 4.69. The fourth-order valence-electron chi connectivity index (χ4n) is 2.85. The summed E-state index contributed by atoms with van der Waals surface area (Å²) < 4.78 is 11.1. The molecule has 3 aromatic carbocycles. The second kappa shape index (κ2) is 11.9. The summed E-state index contributed by atoms with van der Waals surface area (Å²) in [5.41, 5.74) is 8.38. The minimum Gasteiger partial charge on any atom is -0.493 e. The van der Waals surface area contributed by atoms with Crippen LogP contribution in [0.5, 0.6) is 11.5 Å². The molecule has 7 nitrogen and oxygen atoms in total. The molecule has 32 heavy (non-hydrogen) atoms. The Morgan fingerprint density at radius 1 is 0.781 bits per heavy atom. The highest BCUT2D eigenvalue weighted by atomic mass is 16.5. The van der Waals surface area contributed by atoms with Gasteiger partial charge in [0.05, 0.1) is 31.3 Å². The smallest absolute Gasteiger partial charge is 0.271 e. The van der Waals surface area contributed by atoms with Crippen LogP contribution in [0.25, 0.3) is 0 Å². The van der Waals surface area contributed by atoms with Crippen LogP contribution in [0.3, 0.4) is 0 Å². The van der Waals surface area contributed by atoms with E-state index < -0.39 is 0 Å². The molecule has 0 fully saturated rings. The first-order chi connectivity index (χ1) is 15.7. The molecule has 164 valence electrons. The van der Waals surface area contributed by atoms with Crippen LogP contribution in [0.4, 0.5) is 5.69 Å². The van der Waals surface area contributed by atoms with Gasteiger partial charge in [0.15, 0.2) is 0 Å². The van der Waals surface area contributed by atoms with Crippen molar-refractivity contribution >= 4 is 24.0 Å². The summed E-state index contributed by atoms with van der Waals surface area (Å²) >= 11 is 0. The number of carbonyl (C=O) groups excluding carboxylic acids is 1. The maximum absolute atomic E-state index is 12.3. The average Bonchev–Trinajstić information content (AvgIpc) is 2.82. The highest BCUT2D eigenvalue weighted by Crippen LogP contribution is 2.17. The largest absolute Gasteiger partial charge is 0.493 e. The number of hydrogen-bond acceptors (Lipinski definition) is 6. The molecule has 0 unspecified atom stereocenters. The lowest BCUT2D eigenvalue weighted by atomic mass is 10.2. The number of hydrogen-bond donors (Lipinski definition) is 2. The number of nitrogens with zero attached hydrogens (tertiary/aromatic N) is 2. The zero-order valence-corrected chi connectivity index (χ0v) is 18.1. The van der Waals surface area contributed by atoms with Crippen molar-refractivity contribution in [3.63, 3.8) is 0 Å². The van der Waals surface area contributed by atoms with E-state index in [1.54, 1.807) is 36.7 Å². The molecule has 0 aliphatic carbocycles. The van der Waals surface area contributed by atoms with Crippen molar-refractivity contribution in [2.45, 2.75) is 13.8 Å². The molecule has 0 saturated heterocycles. The second-order valence-electron chi connectivity index (χ2n) is 6.59. The maximum Gasteiger partial charge on any atom is 0.271 e. The molecule has 1 amide bonds. The van der Waals surface area contributed by atoms with Crippen molar-refractivity contribution < 1.29 is 14.3 Å². The van der Waals surface area contributed by atoms with Gasteiger partial charge in [-0.05, 0) is 62.4 Å². The average molecular weight is 431 g/mol. The molecule has 2 N–H and O–H groups in total. The molecular weight excluding hydrogens is 404 g/mol. The molecule has 3 rings (SSSR count). The summed E-state index contributed by atoms with van der Waals surface area (Å²) in [6.07, 6.45) is 3.26. The molecule has 7 heteroatoms. The van der Waals surface area contributed by atoms with Gasteiger partial charge in [0, 0.05) is 16.7 Å². The Morgan fingerprint density at radius 2 is 1.31 bits per heavy atom. The normalized spacial score (nSPS) is 10.9. The summed E-state index contributed by atoms with van der Waals surface area (Å²) in [6.45, 7) is 5.00. The minimum atomic E-state index is -0.309. The molecule has 0 spiro atoms. The zero-order valence-electron chi connectivity index (χ0n) is 18.1. The fourth-order valence-corrected chi connectivity index (χ4v) is 2.85. The van der Waals surface area contributed by atoms with Crippen LogP contribution in [-0.4, -0.2) is 31.6 Å². The summed E-state index contributed by atoms with van der Waals surface area (Å²) in [5.74, 6) is 1.18. The summed E-state index contributed by atoms with van der Waals surface area (Å²) in [5, 5.41) is 8.28. The molecule has 0 heterocycles. The van der Waals surface area contributed by atoms with Crippen molar-refractivity contribution in [1.82, 2.24) is 5.43 Å². The Hall–Kier alpha value is -4.13. The van der Waals surface area contributed by atoms with Crippen LogP contribution in [0.1, 0.15) is 35.3 Å². The van der Waals surface area contributed by atoms with E-state index in [0.717, 1.165) is 22.6 Å². The number of hydrazone groups is 2. The molecule has 0 saturated carbocycles. The van der Waals surface area contributed by atoms with Gasteiger partial charge in [-0.15, -0.1) is 0 Å². The first-order valence-electron chi connectivity index (χ1n) is 10.4. The van der Waals surface area contributed by atoms with E-state index in [1.807, 2.05) is 62.4 Å². The van der Waals surface area contributed by atoms with Gasteiger partial charge in [0.25, 0.3) is 5.91 Å². The molecule has 0 aromatic heterocycles. The number of para-hydroxylation sites is 2. The van der Waals surface area contributed by atoms with Crippen LogP contribution in [-0.2, 0) is 0 Å². The van der Waals surface area contributed by atoms with Gasteiger partial charge in [-0.2, -0.15) is 10.2 Å². The van der Waals surface area contributed by atoms with Crippen LogP contribution in [0.15, 0.2) is 83.0 Å². The molecule has 0 aliphatic heterocycles. The van der Waals surface area contributed by atoms with E-state index >= 15 is 0 Å². The van der Waals surface area contributed by atoms with Crippen LogP contribution >= 0.6 is 0 Å². The van der Waals surface area contributed by atoms with Crippen molar-refractivity contribution in [3.05, 3.63) is 89.5 Å². The number of carbonyl (C=O) groups is 1. The van der Waals surface area contributed by atoms with E-state index in [0.29, 0.717) is 24.5 Å². The number of nitrogens with one attached hydrogen (secondary N) is 2. The summed E-state index contributed by atoms with van der Waals surface area (Å²) in [6, 6.07) is 22.1. The zero-order chi connectivity index (χ0) is 22.6. The van der Waals surface area contributed by atoms with Crippen LogP contribution < -0.4 is 20.3 Å². The Balaban J connectivity index is 1.56. The molecule has 3 aromatic rings. The molecule has 0 radical (unpaired) electrons. The predicted molar refractivity (Wildman–Crippen MR) is 128 cm³/mol. The van der Waals surface area contributed by atoms with Gasteiger partial charge in [0.1, 0.15) is 11.5 Å². The summed E-state index contributed by atoms with van der Waals surface area (Å²) in [4.78, 5) is 12.3. The van der Waals surface area contributed by atoms with Gasteiger partial charge in [-0.25, -0.2) is 5.43 Å². The van der Waals surface area contributed by atoms with Gasteiger partial charge in [-0.3, -0.25) is 10.2 Å². The highest BCUT2D eigenvalue weighted by molar-refractivity contribution is 5.95. The van der Waals surface area contributed by atoms with Gasteiger partial charge in [-0.1, -0.05) is 24.3 Å². The quantitative estimate of drug-likeness (QED) is 0.361. The highest BCUT2D eigenvalue weighted by Gasteiger charge is 2.05. The Morgan fingerprint density at radius 3 is 1.88 bits per heavy atom. The third kappa shape index (κ3) is 6.43. The van der Waals surface area contributed by atoms with Crippen molar-refractivity contribution in [2.75, 3.05) is 18.6 Å². The number of benzene rings is 3. The number of ether oxygens (including phenoxy) is 2. The lowest BCUT2D eigenvalue weighted by Crippen LogP contribution is -2.17. The molecule has 0 atom stereocenters. The third-order valence-electron chi connectivity index (χ3n) is 4.35. The van der Waals surface area contributed by atoms with Gasteiger partial charge >= 0.3 is 0 Å². The molecule has 0 aliphatic rings. The van der Waals surface area contributed by atoms with Crippen LogP contribution in [0, 0.1) is 0 Å². The topological polar surface area (TPSA) is 84.3 Å². The van der Waals surface area contributed by atoms with Crippen molar-refractivity contribution in [3.8, 4) is 11.5 Å². The van der Waals surface area contributed by atoms with Crippen LogP contribution in [0.2, 0.25) is 0 Å². The van der Waals surface area contributed by atoms with E-state index in [-0.39, 0.29) is 5.91 Å². The SMILES string of the molecule is CCOc1ccccc1/C=N\NC(=O)c1ccc(N/N=C\c2ccccc2OCC)cc1. The van der Waals surface area contributed by atoms with Crippen molar-refractivity contribution in [1.29, 1.82) is 0 Å². The van der Waals surface area contributed by atoms with E-state index in [9.17, 15) is 4.79 Å². The molecule has 0 bridgehead atoms. The number of rotatable bonds is 10. The first kappa shape index (κ1) is 22.6. The van der Waals surface area contributed by atoms with E-state index in [2.05, 4.69) is 21.1 Å². The standard InChI is InChI=1S/C25H26N4O3/c1-3-31-23-11-7-5-9-20(23)17-26-28-22-15-13-19(14-16-22)25(30)29-27-18-21-10-6-8-12-24(21)32-4-2/h5-18,28H,3-4H2,1-2H3,(H,29,30)/b26-17-,27-18-. The maximum atomic E-state index is 12.3. The monoisotopic (exact) mass is 430 g/mol. The lowest BCUT2D eigenvalue weighted by molar-refractivity contribution is 0.0955. The minimum absolute atomic E-state index is 0.309. The van der Waals surface area contributed by atoms with E-state index in [4.69, 9.17) is 9.47 Å². The van der Waals surface area contributed by atoms with Crippen molar-refractivity contribution in [2.24, 2.45) is 10.2 Å². The lowest BCUT2D eigenvalue weighted by Gasteiger charge is -2.06. The number of anilines is 1. The fraction of sp³-hybridized carbons (Fsp3) is 0.160. The third-order valence-corrected chi connectivity index (χ3v) is 4.35. The molecular formula is C25H26N4O3.